The summed E-state index contributed by atoms with van der Waals surface area (Å²) in [4.78, 5) is 26.5. The van der Waals surface area contributed by atoms with Crippen LogP contribution in [-0.4, -0.2) is 51.3 Å². The number of methoxy groups -OCH3 is 3. The number of nitrogens with zero attached hydrogens (tertiary/aromatic N) is 1. The van der Waals surface area contributed by atoms with Crippen molar-refractivity contribution in [1.82, 2.24) is 4.90 Å². The molecule has 1 aromatic rings. The van der Waals surface area contributed by atoms with Gasteiger partial charge >= 0.3 is 11.9 Å². The summed E-state index contributed by atoms with van der Waals surface area (Å²) in [6.45, 7) is 0.860. The fraction of sp³-hybridized carbons (Fsp3) is 0.333. The normalized spacial score (nSPS) is 14.6. The lowest BCUT2D eigenvalue weighted by atomic mass is 9.83. The van der Waals surface area contributed by atoms with Crippen LogP contribution in [0.1, 0.15) is 11.5 Å². The van der Waals surface area contributed by atoms with Crippen molar-refractivity contribution in [1.29, 1.82) is 0 Å². The molecule has 1 heterocycles. The summed E-state index contributed by atoms with van der Waals surface area (Å²) >= 11 is 12.1. The molecular weight excluding hydrogens is 381 g/mol. The maximum Gasteiger partial charge on any atom is 0.336 e. The first-order valence-electron chi connectivity index (χ1n) is 7.72. The molecule has 1 aromatic carbocycles. The van der Waals surface area contributed by atoms with E-state index in [0.717, 1.165) is 0 Å². The second-order valence-electron chi connectivity index (χ2n) is 5.49. The number of hydrogen-bond acceptors (Lipinski definition) is 6. The standard InChI is InChI=1S/C18H19Cl2NO5/c1-24-7-6-21-9-12(17(22)25-2)16(13(10-21)18(23)26-3)11-4-5-14(19)15(20)8-11/h4-5,8-10,16H,6-7H2,1-3H3. The monoisotopic (exact) mass is 399 g/mol. The Labute approximate surface area is 161 Å². The Balaban J connectivity index is 2.57. The van der Waals surface area contributed by atoms with Crippen LogP contribution < -0.4 is 0 Å². The Hall–Kier alpha value is -2.02. The molecule has 0 aromatic heterocycles. The minimum absolute atomic E-state index is 0.282. The predicted octanol–water partition coefficient (Wildman–Crippen LogP) is 3.15. The van der Waals surface area contributed by atoms with Crippen molar-refractivity contribution in [2.45, 2.75) is 5.92 Å². The lowest BCUT2D eigenvalue weighted by Crippen LogP contribution is -2.30. The molecule has 0 aliphatic carbocycles. The zero-order valence-electron chi connectivity index (χ0n) is 14.6. The van der Waals surface area contributed by atoms with Gasteiger partial charge in [0, 0.05) is 26.1 Å². The number of benzene rings is 1. The first-order valence-corrected chi connectivity index (χ1v) is 8.48. The molecule has 2 rings (SSSR count). The summed E-state index contributed by atoms with van der Waals surface area (Å²) < 4.78 is 14.9. The summed E-state index contributed by atoms with van der Waals surface area (Å²) in [7, 11) is 4.13. The summed E-state index contributed by atoms with van der Waals surface area (Å²) in [5.74, 6) is -1.81. The van der Waals surface area contributed by atoms with Crippen molar-refractivity contribution in [3.05, 3.63) is 57.4 Å². The Bertz CT molecular complexity index is 726. The van der Waals surface area contributed by atoms with E-state index < -0.39 is 17.9 Å². The second kappa shape index (κ2) is 9.07. The third-order valence-corrected chi connectivity index (χ3v) is 4.64. The van der Waals surface area contributed by atoms with Crippen molar-refractivity contribution in [3.63, 3.8) is 0 Å². The van der Waals surface area contributed by atoms with Crippen LogP contribution in [0.3, 0.4) is 0 Å². The maximum atomic E-state index is 12.4. The first kappa shape index (κ1) is 20.3. The van der Waals surface area contributed by atoms with Crippen LogP contribution in [-0.2, 0) is 23.8 Å². The van der Waals surface area contributed by atoms with Gasteiger partial charge in [-0.25, -0.2) is 9.59 Å². The van der Waals surface area contributed by atoms with Crippen molar-refractivity contribution < 1.29 is 23.8 Å². The van der Waals surface area contributed by atoms with Gasteiger partial charge in [0.2, 0.25) is 0 Å². The lowest BCUT2D eigenvalue weighted by molar-refractivity contribution is -0.137. The van der Waals surface area contributed by atoms with Gasteiger partial charge in [-0.2, -0.15) is 0 Å². The van der Waals surface area contributed by atoms with Gasteiger partial charge in [-0.3, -0.25) is 0 Å². The zero-order chi connectivity index (χ0) is 19.3. The molecule has 0 saturated carbocycles. The highest BCUT2D eigenvalue weighted by Crippen LogP contribution is 2.38. The summed E-state index contributed by atoms with van der Waals surface area (Å²) in [5, 5.41) is 0.694. The molecule has 0 N–H and O–H groups in total. The molecule has 0 bridgehead atoms. The van der Waals surface area contributed by atoms with E-state index >= 15 is 0 Å². The highest BCUT2D eigenvalue weighted by Gasteiger charge is 2.35. The van der Waals surface area contributed by atoms with Crippen LogP contribution in [0.25, 0.3) is 0 Å². The molecule has 0 saturated heterocycles. The number of hydrogen-bond donors (Lipinski definition) is 0. The number of ether oxygens (including phenoxy) is 3. The van der Waals surface area contributed by atoms with E-state index in [1.54, 1.807) is 42.6 Å². The van der Waals surface area contributed by atoms with Crippen LogP contribution in [0, 0.1) is 0 Å². The Kier molecular flexibility index (Phi) is 7.08. The predicted molar refractivity (Wildman–Crippen MR) is 98.0 cm³/mol. The van der Waals surface area contributed by atoms with Gasteiger partial charge in [0.25, 0.3) is 0 Å². The second-order valence-corrected chi connectivity index (χ2v) is 6.30. The van der Waals surface area contributed by atoms with Crippen molar-refractivity contribution in [2.75, 3.05) is 34.5 Å². The molecule has 26 heavy (non-hydrogen) atoms. The first-order chi connectivity index (χ1) is 12.4. The molecule has 0 radical (unpaired) electrons. The molecule has 6 nitrogen and oxygen atoms in total. The summed E-state index contributed by atoms with van der Waals surface area (Å²) in [6, 6.07) is 4.94. The van der Waals surface area contributed by atoms with Crippen molar-refractivity contribution in [3.8, 4) is 0 Å². The zero-order valence-corrected chi connectivity index (χ0v) is 16.1. The largest absolute Gasteiger partial charge is 0.466 e. The van der Waals surface area contributed by atoms with Crippen LogP contribution in [0.5, 0.6) is 0 Å². The molecule has 0 fully saturated rings. The van der Waals surface area contributed by atoms with Gasteiger partial charge in [-0.15, -0.1) is 0 Å². The molecule has 0 unspecified atom stereocenters. The van der Waals surface area contributed by atoms with E-state index in [-0.39, 0.29) is 11.1 Å². The SMILES string of the molecule is COCCN1C=C(C(=O)OC)C(c2ccc(Cl)c(Cl)c2)C(C(=O)OC)=C1. The summed E-state index contributed by atoms with van der Waals surface area (Å²) in [5.41, 5.74) is 1.19. The fourth-order valence-corrected chi connectivity index (χ4v) is 2.97. The molecule has 1 aliphatic heterocycles. The van der Waals surface area contributed by atoms with Gasteiger partial charge in [0.15, 0.2) is 0 Å². The van der Waals surface area contributed by atoms with E-state index in [9.17, 15) is 9.59 Å². The number of rotatable bonds is 6. The smallest absolute Gasteiger partial charge is 0.336 e. The van der Waals surface area contributed by atoms with Crippen LogP contribution in [0.15, 0.2) is 41.7 Å². The van der Waals surface area contributed by atoms with E-state index in [1.807, 2.05) is 0 Å². The van der Waals surface area contributed by atoms with E-state index in [4.69, 9.17) is 37.4 Å². The van der Waals surface area contributed by atoms with Gasteiger partial charge < -0.3 is 19.1 Å². The molecule has 1 aliphatic rings. The minimum atomic E-state index is -0.691. The molecule has 0 amide bonds. The highest BCUT2D eigenvalue weighted by molar-refractivity contribution is 6.42. The average molecular weight is 400 g/mol. The lowest BCUT2D eigenvalue weighted by Gasteiger charge is -2.30. The third kappa shape index (κ3) is 4.38. The number of halogens is 2. The topological polar surface area (TPSA) is 65.1 Å². The van der Waals surface area contributed by atoms with Gasteiger partial charge in [-0.05, 0) is 17.7 Å². The molecule has 8 heteroatoms. The Morgan fingerprint density at radius 2 is 1.58 bits per heavy atom. The quantitative estimate of drug-likeness (QED) is 0.684. The molecule has 140 valence electrons. The van der Waals surface area contributed by atoms with Crippen LogP contribution in [0.2, 0.25) is 10.0 Å². The van der Waals surface area contributed by atoms with Gasteiger partial charge in [-0.1, -0.05) is 29.3 Å². The highest BCUT2D eigenvalue weighted by atomic mass is 35.5. The van der Waals surface area contributed by atoms with E-state index in [2.05, 4.69) is 0 Å². The average Bonchev–Trinajstić information content (AvgIpc) is 2.66. The van der Waals surface area contributed by atoms with Crippen molar-refractivity contribution >= 4 is 35.1 Å². The van der Waals surface area contributed by atoms with E-state index in [1.165, 1.54) is 14.2 Å². The van der Waals surface area contributed by atoms with E-state index in [0.29, 0.717) is 28.8 Å². The fourth-order valence-electron chi connectivity index (χ4n) is 2.66. The maximum absolute atomic E-state index is 12.4. The minimum Gasteiger partial charge on any atom is -0.466 e. The Morgan fingerprint density at radius 3 is 2.04 bits per heavy atom. The molecular formula is C18H19Cl2NO5. The molecule has 0 atom stereocenters. The number of carbonyl (C=O) groups is 2. The Morgan fingerprint density at radius 1 is 1.00 bits per heavy atom. The van der Waals surface area contributed by atoms with Crippen molar-refractivity contribution in [2.24, 2.45) is 0 Å². The van der Waals surface area contributed by atoms with Gasteiger partial charge in [0.05, 0.1) is 47.9 Å². The van der Waals surface area contributed by atoms with Crippen LogP contribution >= 0.6 is 23.2 Å². The van der Waals surface area contributed by atoms with Gasteiger partial charge in [0.1, 0.15) is 0 Å². The third-order valence-electron chi connectivity index (χ3n) is 3.90. The number of esters is 2. The van der Waals surface area contributed by atoms with Crippen LogP contribution in [0.4, 0.5) is 0 Å². The summed E-state index contributed by atoms with van der Waals surface area (Å²) in [6.07, 6.45) is 3.26. The molecule has 0 spiro atoms. The number of carbonyl (C=O) groups excluding carboxylic acids is 2.